The first-order valence-corrected chi connectivity index (χ1v) is 20.3. The van der Waals surface area contributed by atoms with Gasteiger partial charge in [-0.15, -0.1) is 0 Å². The van der Waals surface area contributed by atoms with Gasteiger partial charge in [-0.25, -0.2) is 0 Å². The Balaban J connectivity index is 3.61. The zero-order chi connectivity index (χ0) is 31.5. The van der Waals surface area contributed by atoms with Crippen LogP contribution in [0.1, 0.15) is 239 Å². The molecule has 0 fully saturated rings. The van der Waals surface area contributed by atoms with Crippen molar-refractivity contribution in [2.24, 2.45) is 5.73 Å². The third kappa shape index (κ3) is 31.6. The second kappa shape index (κ2) is 34.7. The fourth-order valence-corrected chi connectivity index (χ4v) is 6.80. The summed E-state index contributed by atoms with van der Waals surface area (Å²) < 4.78 is 0. The molecule has 43 heavy (non-hydrogen) atoms. The van der Waals surface area contributed by atoms with Gasteiger partial charge in [-0.3, -0.25) is 0 Å². The zero-order valence-corrected chi connectivity index (χ0v) is 30.4. The molecule has 4 N–H and O–H groups in total. The van der Waals surface area contributed by atoms with Gasteiger partial charge in [-0.05, 0) is 25.8 Å². The molecule has 0 heterocycles. The first kappa shape index (κ1) is 42.9. The van der Waals surface area contributed by atoms with E-state index in [1.165, 1.54) is 199 Å². The van der Waals surface area contributed by atoms with E-state index in [1.807, 2.05) is 0 Å². The number of nitrogens with one attached hydrogen (secondary N) is 1. The predicted molar refractivity (Wildman–Crippen MR) is 195 cm³/mol. The average molecular weight is 609 g/mol. The summed E-state index contributed by atoms with van der Waals surface area (Å²) in [6.45, 7) is 7.60. The molecule has 0 bridgehead atoms. The summed E-state index contributed by atoms with van der Waals surface area (Å²) in [6, 6.07) is 0.0282. The summed E-state index contributed by atoms with van der Waals surface area (Å²) in [4.78, 5) is 0. The van der Waals surface area contributed by atoms with Crippen molar-refractivity contribution < 1.29 is 5.11 Å². The maximum Gasteiger partial charge on any atom is 0.128 e. The number of aliphatic hydroxyl groups is 1. The van der Waals surface area contributed by atoms with Gasteiger partial charge in [-0.1, -0.05) is 220 Å². The number of rotatable bonds is 37. The number of likely N-dealkylation sites (N-methyl/N-ethyl adjacent to an activating group) is 1. The van der Waals surface area contributed by atoms with Crippen LogP contribution in [0.3, 0.4) is 0 Å². The number of hydrogen-bond acceptors (Lipinski definition) is 3. The molecule has 0 aliphatic rings. The molecule has 0 amide bonds. The quantitative estimate of drug-likeness (QED) is 0.0485. The Hall–Kier alpha value is -0.120. The van der Waals surface area contributed by atoms with Crippen molar-refractivity contribution in [1.82, 2.24) is 5.32 Å². The average Bonchev–Trinajstić information content (AvgIpc) is 3.00. The molecule has 0 aliphatic carbocycles. The summed E-state index contributed by atoms with van der Waals surface area (Å²) in [5, 5.41) is 14.6. The Morgan fingerprint density at radius 1 is 0.419 bits per heavy atom. The molecule has 0 radical (unpaired) electrons. The Labute approximate surface area is 273 Å². The van der Waals surface area contributed by atoms with Gasteiger partial charge in [0.2, 0.25) is 0 Å². The summed E-state index contributed by atoms with van der Waals surface area (Å²) >= 11 is 0. The lowest BCUT2D eigenvalue weighted by Crippen LogP contribution is -2.57. The maximum atomic E-state index is 11.1. The Morgan fingerprint density at radius 2 is 0.674 bits per heavy atom. The fraction of sp³-hybridized carbons (Fsp3) is 1.00. The topological polar surface area (TPSA) is 58.3 Å². The normalized spacial score (nSPS) is 13.9. The van der Waals surface area contributed by atoms with Crippen molar-refractivity contribution in [2.75, 3.05) is 6.54 Å². The van der Waals surface area contributed by atoms with Gasteiger partial charge in [0.15, 0.2) is 0 Å². The van der Waals surface area contributed by atoms with Crippen LogP contribution in [0.5, 0.6) is 0 Å². The second-order valence-corrected chi connectivity index (χ2v) is 14.2. The van der Waals surface area contributed by atoms with Crippen LogP contribution in [0, 0.1) is 0 Å². The van der Waals surface area contributed by atoms with Crippen molar-refractivity contribution >= 4 is 0 Å². The third-order valence-electron chi connectivity index (χ3n) is 9.83. The van der Waals surface area contributed by atoms with Gasteiger partial charge in [-0.2, -0.15) is 0 Å². The minimum atomic E-state index is -1.07. The molecule has 2 atom stereocenters. The highest BCUT2D eigenvalue weighted by molar-refractivity contribution is 4.86. The molecule has 0 rings (SSSR count). The highest BCUT2D eigenvalue weighted by Gasteiger charge is 2.30. The molecule has 0 saturated carbocycles. The largest absolute Gasteiger partial charge is 0.374 e. The molecule has 0 spiro atoms. The van der Waals surface area contributed by atoms with Gasteiger partial charge < -0.3 is 16.2 Å². The highest BCUT2D eigenvalue weighted by atomic mass is 16.3. The van der Waals surface area contributed by atoms with E-state index in [1.54, 1.807) is 0 Å². The maximum absolute atomic E-state index is 11.1. The minimum Gasteiger partial charge on any atom is -0.374 e. The number of hydrogen-bond donors (Lipinski definition) is 3. The first-order chi connectivity index (χ1) is 21.1. The van der Waals surface area contributed by atoms with Crippen molar-refractivity contribution in [3.63, 3.8) is 0 Å². The molecule has 3 heteroatoms. The molecule has 0 aromatic carbocycles. The van der Waals surface area contributed by atoms with Gasteiger partial charge in [0, 0.05) is 6.04 Å². The molecule has 0 aromatic heterocycles. The monoisotopic (exact) mass is 609 g/mol. The van der Waals surface area contributed by atoms with Crippen LogP contribution in [-0.4, -0.2) is 23.4 Å². The van der Waals surface area contributed by atoms with Gasteiger partial charge in [0.1, 0.15) is 5.72 Å². The molecule has 0 aromatic rings. The van der Waals surface area contributed by atoms with Gasteiger partial charge in [0.05, 0.1) is 0 Å². The lowest BCUT2D eigenvalue weighted by Gasteiger charge is -2.33. The SMILES string of the molecule is CCCCCCCCCCCCCCCCCCC(NCC)C(N)(O)CCCCCCCCCCCCCCCCCC. The van der Waals surface area contributed by atoms with Crippen LogP contribution >= 0.6 is 0 Å². The van der Waals surface area contributed by atoms with Crippen LogP contribution in [0.15, 0.2) is 0 Å². The zero-order valence-electron chi connectivity index (χ0n) is 30.4. The molecular weight excluding hydrogens is 524 g/mol. The summed E-state index contributed by atoms with van der Waals surface area (Å²) in [6.07, 6.45) is 46.0. The molecule has 3 nitrogen and oxygen atoms in total. The summed E-state index contributed by atoms with van der Waals surface area (Å²) in [7, 11) is 0. The molecule has 2 unspecified atom stereocenters. The second-order valence-electron chi connectivity index (χ2n) is 14.2. The summed E-state index contributed by atoms with van der Waals surface area (Å²) in [5.74, 6) is 0. The van der Waals surface area contributed by atoms with Crippen molar-refractivity contribution in [1.29, 1.82) is 0 Å². The standard InChI is InChI=1S/C40H84N2O/c1-4-7-9-11-13-15-17-19-21-23-25-27-29-31-33-35-37-39(42-6-3)40(41,43)38-36-34-32-30-28-26-24-22-20-18-16-14-12-10-8-5-2/h39,42-43H,4-38,41H2,1-3H3. The minimum absolute atomic E-state index is 0.0282. The van der Waals surface area contributed by atoms with Crippen LogP contribution in [-0.2, 0) is 0 Å². The van der Waals surface area contributed by atoms with E-state index >= 15 is 0 Å². The third-order valence-corrected chi connectivity index (χ3v) is 9.83. The number of unbranched alkanes of at least 4 members (excludes halogenated alkanes) is 30. The number of nitrogens with two attached hydrogens (primary N) is 1. The van der Waals surface area contributed by atoms with E-state index < -0.39 is 5.72 Å². The lowest BCUT2D eigenvalue weighted by atomic mass is 9.92. The molecule has 260 valence electrons. The van der Waals surface area contributed by atoms with Crippen LogP contribution in [0.2, 0.25) is 0 Å². The first-order valence-electron chi connectivity index (χ1n) is 20.3. The van der Waals surface area contributed by atoms with E-state index in [-0.39, 0.29) is 6.04 Å². The van der Waals surface area contributed by atoms with E-state index in [9.17, 15) is 5.11 Å². The van der Waals surface area contributed by atoms with E-state index in [0.717, 1.165) is 25.8 Å². The van der Waals surface area contributed by atoms with Crippen molar-refractivity contribution in [3.8, 4) is 0 Å². The molecular formula is C40H84N2O. The van der Waals surface area contributed by atoms with Crippen LogP contribution < -0.4 is 11.1 Å². The Morgan fingerprint density at radius 3 is 0.953 bits per heavy atom. The van der Waals surface area contributed by atoms with Crippen molar-refractivity contribution in [3.05, 3.63) is 0 Å². The molecule has 0 aliphatic heterocycles. The highest BCUT2D eigenvalue weighted by Crippen LogP contribution is 2.21. The lowest BCUT2D eigenvalue weighted by molar-refractivity contribution is -0.00608. The fourth-order valence-electron chi connectivity index (χ4n) is 6.80. The van der Waals surface area contributed by atoms with Crippen LogP contribution in [0.4, 0.5) is 0 Å². The smallest absolute Gasteiger partial charge is 0.128 e. The van der Waals surface area contributed by atoms with Gasteiger partial charge in [0.25, 0.3) is 0 Å². The summed E-state index contributed by atoms with van der Waals surface area (Å²) in [5.41, 5.74) is 5.40. The predicted octanol–water partition coefficient (Wildman–Crippen LogP) is 12.9. The Kier molecular flexibility index (Phi) is 34.7. The van der Waals surface area contributed by atoms with Crippen LogP contribution in [0.25, 0.3) is 0 Å². The van der Waals surface area contributed by atoms with Crippen molar-refractivity contribution in [2.45, 2.75) is 251 Å². The van der Waals surface area contributed by atoms with Gasteiger partial charge >= 0.3 is 0 Å². The Bertz CT molecular complexity index is 509. The molecule has 0 saturated heterocycles. The van der Waals surface area contributed by atoms with E-state index in [4.69, 9.17) is 5.73 Å². The van der Waals surface area contributed by atoms with E-state index in [0.29, 0.717) is 0 Å². The van der Waals surface area contributed by atoms with E-state index in [2.05, 4.69) is 26.1 Å².